The molecule has 0 amide bonds. The Morgan fingerprint density at radius 3 is 1.21 bits per heavy atom. The van der Waals surface area contributed by atoms with Crippen LogP contribution in [0.5, 0.6) is 0 Å². The Bertz CT molecular complexity index is 4370. The first-order valence-electron chi connectivity index (χ1n) is 27.4. The van der Waals surface area contributed by atoms with Crippen LogP contribution in [0.2, 0.25) is 0 Å². The first-order valence-corrected chi connectivity index (χ1v) is 27.4. The normalized spacial score (nSPS) is 13.7. The smallest absolute Gasteiger partial charge is 0.0542 e. The molecule has 0 bridgehead atoms. The summed E-state index contributed by atoms with van der Waals surface area (Å²) in [6, 6.07) is 95.2. The van der Waals surface area contributed by atoms with Crippen LogP contribution >= 0.6 is 0 Å². The predicted molar refractivity (Wildman–Crippen MR) is 330 cm³/mol. The third-order valence-electron chi connectivity index (χ3n) is 17.4. The van der Waals surface area contributed by atoms with Crippen LogP contribution in [0.4, 0.5) is 34.1 Å². The molecule has 0 aliphatic heterocycles. The Morgan fingerprint density at radius 1 is 0.282 bits per heavy atom. The number of fused-ring (bicyclic) bond motifs is 11. The van der Waals surface area contributed by atoms with Gasteiger partial charge >= 0.3 is 0 Å². The minimum absolute atomic E-state index is 0.143. The molecule has 0 saturated carbocycles. The van der Waals surface area contributed by atoms with Crippen LogP contribution in [-0.2, 0) is 10.8 Å². The lowest BCUT2D eigenvalue weighted by Crippen LogP contribution is -2.16. The van der Waals surface area contributed by atoms with Gasteiger partial charge in [0.2, 0.25) is 0 Å². The summed E-state index contributed by atoms with van der Waals surface area (Å²) in [5, 5.41) is 7.32. The molecule has 15 rings (SSSR count). The van der Waals surface area contributed by atoms with Gasteiger partial charge in [0.1, 0.15) is 0 Å². The van der Waals surface area contributed by atoms with Crippen molar-refractivity contribution in [2.45, 2.75) is 45.4 Å². The molecule has 3 heteroatoms. The number of nitrogens with zero attached hydrogens (tertiary/aromatic N) is 3. The number of para-hydroxylation sites is 2. The summed E-state index contributed by atoms with van der Waals surface area (Å²) in [6.45, 7) is 11.6. The van der Waals surface area contributed by atoms with Crippen molar-refractivity contribution in [1.29, 1.82) is 0 Å². The number of aromatic nitrogens is 1. The molecule has 0 saturated heterocycles. The average molecular weight is 1000 g/mol. The molecule has 372 valence electrons. The molecule has 0 N–H and O–H groups in total. The molecule has 13 aromatic rings. The molecule has 2 aliphatic rings. The molecular weight excluding hydrogens is 943 g/mol. The highest BCUT2D eigenvalue weighted by Gasteiger charge is 2.37. The summed E-state index contributed by atoms with van der Waals surface area (Å²) in [5.74, 6) is 0. The monoisotopic (exact) mass is 999 g/mol. The van der Waals surface area contributed by atoms with E-state index in [0.29, 0.717) is 0 Å². The number of aryl methyl sites for hydroxylation is 1. The molecule has 0 radical (unpaired) electrons. The Hall–Kier alpha value is -9.44. The van der Waals surface area contributed by atoms with Gasteiger partial charge in [-0.2, -0.15) is 0 Å². The molecule has 0 atom stereocenters. The van der Waals surface area contributed by atoms with E-state index in [-0.39, 0.29) is 10.8 Å². The summed E-state index contributed by atoms with van der Waals surface area (Å²) < 4.78 is 2.48. The summed E-state index contributed by atoms with van der Waals surface area (Å²) in [5.41, 5.74) is 24.3. The van der Waals surface area contributed by atoms with E-state index in [0.717, 1.165) is 50.8 Å². The minimum Gasteiger partial charge on any atom is -0.310 e. The fourth-order valence-corrected chi connectivity index (χ4v) is 13.5. The fraction of sp³-hybridized carbons (Fsp3) is 0.0933. The zero-order valence-electron chi connectivity index (χ0n) is 44.6. The maximum atomic E-state index is 2.48. The minimum atomic E-state index is -0.143. The van der Waals surface area contributed by atoms with E-state index in [4.69, 9.17) is 0 Å². The Morgan fingerprint density at radius 2 is 0.692 bits per heavy atom. The molecule has 0 unspecified atom stereocenters. The predicted octanol–water partition coefficient (Wildman–Crippen LogP) is 20.6. The SMILES string of the molecule is Cc1ccc2c(-c3cccc4cc(-n5c6ccc(N(c7ccccc7)c7ccc8c(c7)C(C)(C)c7ccccc7-8)cc6c6cc(N(c7ccccc7)c7ccc8c(c7)C(C)(C)c7ccccc7-8)ccc65)ccc34)cccc2c1. The van der Waals surface area contributed by atoms with Crippen LogP contribution in [0.3, 0.4) is 0 Å². The zero-order valence-corrected chi connectivity index (χ0v) is 44.6. The van der Waals surface area contributed by atoms with Gasteiger partial charge < -0.3 is 14.4 Å². The average Bonchev–Trinajstić information content (AvgIpc) is 4.20. The second-order valence-corrected chi connectivity index (χ2v) is 22.6. The summed E-state index contributed by atoms with van der Waals surface area (Å²) in [7, 11) is 0. The van der Waals surface area contributed by atoms with Crippen LogP contribution in [0.15, 0.2) is 255 Å². The van der Waals surface area contributed by atoms with E-state index in [2.05, 4.69) is 304 Å². The van der Waals surface area contributed by atoms with Crippen LogP contribution < -0.4 is 9.80 Å². The van der Waals surface area contributed by atoms with E-state index >= 15 is 0 Å². The van der Waals surface area contributed by atoms with Crippen LogP contribution in [0.25, 0.3) is 82.4 Å². The van der Waals surface area contributed by atoms with E-state index in [1.54, 1.807) is 0 Å². The van der Waals surface area contributed by atoms with Crippen molar-refractivity contribution < 1.29 is 0 Å². The standard InChI is InChI=1S/C75H57N3/c1-48-30-36-58-49(42-48)18-16-26-60(58)61-27-17-19-50-43-53(31-37-59(50)61)78-72-40-34-54(76(51-20-8-6-9-21-51)56-32-38-64-62-24-12-14-28-68(62)74(2,3)70(64)46-56)44-66(72)67-45-55(35-41-73(67)78)77(52-22-10-7-11-23-52)57-33-39-65-63-25-13-15-29-69(63)75(4,5)71(65)47-57/h6-47H,1-5H3. The van der Waals surface area contributed by atoms with E-state index in [9.17, 15) is 0 Å². The quantitative estimate of drug-likeness (QED) is 0.150. The third-order valence-corrected chi connectivity index (χ3v) is 17.4. The second-order valence-electron chi connectivity index (χ2n) is 22.6. The second kappa shape index (κ2) is 17.3. The Kier molecular flexibility index (Phi) is 10.2. The van der Waals surface area contributed by atoms with Gasteiger partial charge in [0.15, 0.2) is 0 Å². The molecule has 0 fully saturated rings. The fourth-order valence-electron chi connectivity index (χ4n) is 13.5. The number of benzene rings is 12. The van der Waals surface area contributed by atoms with Gasteiger partial charge in [-0.15, -0.1) is 0 Å². The zero-order chi connectivity index (χ0) is 52.4. The van der Waals surface area contributed by atoms with Crippen molar-refractivity contribution in [2.24, 2.45) is 0 Å². The molecular formula is C75H57N3. The van der Waals surface area contributed by atoms with Crippen molar-refractivity contribution >= 4 is 77.5 Å². The van der Waals surface area contributed by atoms with Crippen molar-refractivity contribution in [3.05, 3.63) is 283 Å². The summed E-state index contributed by atoms with van der Waals surface area (Å²) in [4.78, 5) is 4.89. The van der Waals surface area contributed by atoms with E-state index in [1.165, 1.54) is 93.5 Å². The number of rotatable bonds is 8. The first kappa shape index (κ1) is 45.9. The Labute approximate surface area is 456 Å². The highest BCUT2D eigenvalue weighted by Crippen LogP contribution is 2.53. The van der Waals surface area contributed by atoms with E-state index in [1.807, 2.05) is 0 Å². The van der Waals surface area contributed by atoms with Gasteiger partial charge in [0.05, 0.1) is 11.0 Å². The van der Waals surface area contributed by atoms with Gasteiger partial charge in [-0.25, -0.2) is 0 Å². The molecule has 3 nitrogen and oxygen atoms in total. The van der Waals surface area contributed by atoms with Crippen molar-refractivity contribution in [2.75, 3.05) is 9.80 Å². The molecule has 78 heavy (non-hydrogen) atoms. The third kappa shape index (κ3) is 6.97. The van der Waals surface area contributed by atoms with E-state index < -0.39 is 0 Å². The highest BCUT2D eigenvalue weighted by molar-refractivity contribution is 6.13. The van der Waals surface area contributed by atoms with Crippen molar-refractivity contribution in [3.8, 4) is 39.1 Å². The first-order chi connectivity index (χ1) is 38.1. The number of anilines is 6. The van der Waals surface area contributed by atoms with Crippen molar-refractivity contribution in [1.82, 2.24) is 4.57 Å². The lowest BCUT2D eigenvalue weighted by Gasteiger charge is -2.28. The molecule has 0 spiro atoms. The largest absolute Gasteiger partial charge is 0.310 e. The van der Waals surface area contributed by atoms with Gasteiger partial charge in [-0.05, 0) is 181 Å². The maximum Gasteiger partial charge on any atom is 0.0542 e. The van der Waals surface area contributed by atoms with Gasteiger partial charge in [-0.1, -0.05) is 191 Å². The molecule has 1 heterocycles. The maximum absolute atomic E-state index is 2.48. The van der Waals surface area contributed by atoms with Gasteiger partial charge in [-0.3, -0.25) is 0 Å². The molecule has 1 aromatic heterocycles. The highest BCUT2D eigenvalue weighted by atomic mass is 15.2. The van der Waals surface area contributed by atoms with Gasteiger partial charge in [0, 0.05) is 61.4 Å². The number of hydrogen-bond acceptors (Lipinski definition) is 2. The van der Waals surface area contributed by atoms with Crippen molar-refractivity contribution in [3.63, 3.8) is 0 Å². The van der Waals surface area contributed by atoms with Crippen LogP contribution in [-0.4, -0.2) is 4.57 Å². The van der Waals surface area contributed by atoms with Crippen LogP contribution in [0, 0.1) is 6.92 Å². The molecule has 2 aliphatic carbocycles. The Balaban J connectivity index is 0.944. The summed E-state index contributed by atoms with van der Waals surface area (Å²) in [6.07, 6.45) is 0. The number of hydrogen-bond donors (Lipinski definition) is 0. The van der Waals surface area contributed by atoms with Gasteiger partial charge in [0.25, 0.3) is 0 Å². The lowest BCUT2D eigenvalue weighted by atomic mass is 9.82. The topological polar surface area (TPSA) is 11.4 Å². The summed E-state index contributed by atoms with van der Waals surface area (Å²) >= 11 is 0. The lowest BCUT2D eigenvalue weighted by molar-refractivity contribution is 0.660. The molecule has 12 aromatic carbocycles. The van der Waals surface area contributed by atoms with Crippen LogP contribution in [0.1, 0.15) is 55.5 Å².